The first-order chi connectivity index (χ1) is 9.99. The van der Waals surface area contributed by atoms with Crippen molar-refractivity contribution in [2.75, 3.05) is 6.54 Å². The lowest BCUT2D eigenvalue weighted by atomic mass is 9.87. The zero-order valence-electron chi connectivity index (χ0n) is 13.2. The molecule has 0 aliphatic heterocycles. The quantitative estimate of drug-likeness (QED) is 0.865. The van der Waals surface area contributed by atoms with Crippen molar-refractivity contribution in [2.45, 2.75) is 39.0 Å². The predicted octanol–water partition coefficient (Wildman–Crippen LogP) is 4.67. The topological polar surface area (TPSA) is 35.2 Å². The molecule has 0 bridgehead atoms. The smallest absolute Gasteiger partial charge is 0.127 e. The third-order valence-corrected chi connectivity index (χ3v) is 3.52. The fourth-order valence-electron chi connectivity index (χ4n) is 2.23. The highest BCUT2D eigenvalue weighted by atomic mass is 16.5. The fraction of sp³-hybridized carbons (Fsp3) is 0.368. The zero-order chi connectivity index (χ0) is 15.3. The molecule has 0 aliphatic carbocycles. The van der Waals surface area contributed by atoms with Crippen LogP contribution in [0.15, 0.2) is 48.5 Å². The largest absolute Gasteiger partial charge is 0.457 e. The maximum absolute atomic E-state index is 5.94. The van der Waals surface area contributed by atoms with E-state index in [1.807, 2.05) is 24.3 Å². The Morgan fingerprint density at radius 1 is 0.952 bits per heavy atom. The number of benzene rings is 2. The van der Waals surface area contributed by atoms with Gasteiger partial charge in [-0.05, 0) is 60.2 Å². The van der Waals surface area contributed by atoms with E-state index in [0.29, 0.717) is 0 Å². The first-order valence-corrected chi connectivity index (χ1v) is 7.56. The van der Waals surface area contributed by atoms with Gasteiger partial charge in [-0.2, -0.15) is 0 Å². The number of ether oxygens (including phenoxy) is 1. The first-order valence-electron chi connectivity index (χ1n) is 7.56. The van der Waals surface area contributed by atoms with E-state index in [2.05, 4.69) is 45.0 Å². The minimum absolute atomic E-state index is 0.167. The van der Waals surface area contributed by atoms with Crippen molar-refractivity contribution in [2.24, 2.45) is 5.73 Å². The summed E-state index contributed by atoms with van der Waals surface area (Å²) in [7, 11) is 0. The number of hydrogen-bond acceptors (Lipinski definition) is 2. The molecule has 2 heteroatoms. The lowest BCUT2D eigenvalue weighted by Crippen LogP contribution is -2.10. The molecule has 0 fully saturated rings. The molecule has 0 aliphatic rings. The zero-order valence-corrected chi connectivity index (χ0v) is 13.2. The van der Waals surface area contributed by atoms with E-state index in [1.54, 1.807) is 0 Å². The van der Waals surface area contributed by atoms with Gasteiger partial charge in [0, 0.05) is 0 Å². The Labute approximate surface area is 127 Å². The number of nitrogens with two attached hydrogens (primary N) is 1. The maximum atomic E-state index is 5.94. The van der Waals surface area contributed by atoms with Crippen molar-refractivity contribution in [3.8, 4) is 11.5 Å². The Hall–Kier alpha value is -1.80. The average molecular weight is 283 g/mol. The molecular weight excluding hydrogens is 258 g/mol. The van der Waals surface area contributed by atoms with Gasteiger partial charge < -0.3 is 10.5 Å². The first kappa shape index (κ1) is 15.6. The van der Waals surface area contributed by atoms with Gasteiger partial charge in [-0.15, -0.1) is 0 Å². The van der Waals surface area contributed by atoms with Crippen LogP contribution in [0, 0.1) is 0 Å². The summed E-state index contributed by atoms with van der Waals surface area (Å²) in [6.07, 6.45) is 2.00. The van der Waals surface area contributed by atoms with Gasteiger partial charge in [-0.1, -0.05) is 45.0 Å². The van der Waals surface area contributed by atoms with E-state index in [1.165, 1.54) is 11.1 Å². The molecule has 0 spiro atoms. The molecule has 0 saturated heterocycles. The molecule has 2 nitrogen and oxygen atoms in total. The van der Waals surface area contributed by atoms with Crippen molar-refractivity contribution < 1.29 is 4.74 Å². The van der Waals surface area contributed by atoms with Gasteiger partial charge in [-0.3, -0.25) is 0 Å². The lowest BCUT2D eigenvalue weighted by Gasteiger charge is -2.19. The Morgan fingerprint density at radius 3 is 2.29 bits per heavy atom. The van der Waals surface area contributed by atoms with Gasteiger partial charge in [0.2, 0.25) is 0 Å². The Kier molecular flexibility index (Phi) is 5.03. The van der Waals surface area contributed by atoms with Gasteiger partial charge in [0.05, 0.1) is 0 Å². The van der Waals surface area contributed by atoms with Crippen LogP contribution in [0.3, 0.4) is 0 Å². The van der Waals surface area contributed by atoms with Gasteiger partial charge in [-0.25, -0.2) is 0 Å². The monoisotopic (exact) mass is 283 g/mol. The number of rotatable bonds is 5. The highest BCUT2D eigenvalue weighted by molar-refractivity contribution is 5.36. The molecule has 2 N–H and O–H groups in total. The van der Waals surface area contributed by atoms with Crippen molar-refractivity contribution in [3.63, 3.8) is 0 Å². The normalized spacial score (nSPS) is 11.4. The molecular formula is C19H25NO. The van der Waals surface area contributed by atoms with Gasteiger partial charge in [0.25, 0.3) is 0 Å². The molecule has 0 aromatic heterocycles. The van der Waals surface area contributed by atoms with Crippen LogP contribution in [0.5, 0.6) is 11.5 Å². The number of aryl methyl sites for hydroxylation is 1. The van der Waals surface area contributed by atoms with E-state index in [0.717, 1.165) is 30.9 Å². The molecule has 2 aromatic rings. The minimum atomic E-state index is 0.167. The minimum Gasteiger partial charge on any atom is -0.457 e. The summed E-state index contributed by atoms with van der Waals surface area (Å²) in [6.45, 7) is 7.36. The summed E-state index contributed by atoms with van der Waals surface area (Å²) in [5.41, 5.74) is 8.30. The summed E-state index contributed by atoms with van der Waals surface area (Å²) in [5, 5.41) is 0. The van der Waals surface area contributed by atoms with Crippen LogP contribution in [-0.4, -0.2) is 6.54 Å². The third-order valence-electron chi connectivity index (χ3n) is 3.52. The Morgan fingerprint density at radius 2 is 1.67 bits per heavy atom. The van der Waals surface area contributed by atoms with Crippen molar-refractivity contribution in [1.29, 1.82) is 0 Å². The molecule has 0 atom stereocenters. The summed E-state index contributed by atoms with van der Waals surface area (Å²) in [6, 6.07) is 16.6. The summed E-state index contributed by atoms with van der Waals surface area (Å²) < 4.78 is 5.94. The van der Waals surface area contributed by atoms with E-state index in [4.69, 9.17) is 10.5 Å². The van der Waals surface area contributed by atoms with Crippen LogP contribution in [0.1, 0.15) is 38.3 Å². The van der Waals surface area contributed by atoms with Crippen LogP contribution in [0.2, 0.25) is 0 Å². The molecule has 0 heterocycles. The SMILES string of the molecule is CC(C)(C)c1ccc(Oc2cccc(CCCN)c2)cc1. The van der Waals surface area contributed by atoms with Crippen LogP contribution in [-0.2, 0) is 11.8 Å². The van der Waals surface area contributed by atoms with E-state index in [9.17, 15) is 0 Å². The summed E-state index contributed by atoms with van der Waals surface area (Å²) >= 11 is 0. The number of hydrogen-bond donors (Lipinski definition) is 1. The van der Waals surface area contributed by atoms with Crippen molar-refractivity contribution in [3.05, 3.63) is 59.7 Å². The summed E-state index contributed by atoms with van der Waals surface area (Å²) in [4.78, 5) is 0. The van der Waals surface area contributed by atoms with Gasteiger partial charge in [0.1, 0.15) is 11.5 Å². The Balaban J connectivity index is 2.07. The van der Waals surface area contributed by atoms with Gasteiger partial charge >= 0.3 is 0 Å². The third kappa shape index (κ3) is 4.61. The lowest BCUT2D eigenvalue weighted by molar-refractivity contribution is 0.480. The summed E-state index contributed by atoms with van der Waals surface area (Å²) in [5.74, 6) is 1.76. The maximum Gasteiger partial charge on any atom is 0.127 e. The van der Waals surface area contributed by atoms with E-state index in [-0.39, 0.29) is 5.41 Å². The van der Waals surface area contributed by atoms with Gasteiger partial charge in [0.15, 0.2) is 0 Å². The highest BCUT2D eigenvalue weighted by Gasteiger charge is 2.13. The molecule has 0 amide bonds. The molecule has 2 aromatic carbocycles. The second-order valence-corrected chi connectivity index (χ2v) is 6.42. The van der Waals surface area contributed by atoms with Crippen molar-refractivity contribution in [1.82, 2.24) is 0 Å². The standard InChI is InChI=1S/C19H25NO/c1-19(2,3)16-9-11-17(12-10-16)21-18-8-4-6-15(14-18)7-5-13-20/h4,6,8-12,14H,5,7,13,20H2,1-3H3. The predicted molar refractivity (Wildman–Crippen MR) is 89.0 cm³/mol. The molecule has 0 unspecified atom stereocenters. The van der Waals surface area contributed by atoms with Crippen LogP contribution in [0.4, 0.5) is 0 Å². The highest BCUT2D eigenvalue weighted by Crippen LogP contribution is 2.27. The molecule has 21 heavy (non-hydrogen) atoms. The second kappa shape index (κ2) is 6.77. The molecule has 0 radical (unpaired) electrons. The van der Waals surface area contributed by atoms with E-state index < -0.39 is 0 Å². The molecule has 2 rings (SSSR count). The Bertz CT molecular complexity index is 567. The molecule has 112 valence electrons. The average Bonchev–Trinajstić information content (AvgIpc) is 2.45. The molecule has 0 saturated carbocycles. The van der Waals surface area contributed by atoms with Crippen LogP contribution in [0.25, 0.3) is 0 Å². The van der Waals surface area contributed by atoms with Crippen LogP contribution >= 0.6 is 0 Å². The van der Waals surface area contributed by atoms with Crippen molar-refractivity contribution >= 4 is 0 Å². The fourth-order valence-corrected chi connectivity index (χ4v) is 2.23. The van der Waals surface area contributed by atoms with E-state index >= 15 is 0 Å². The second-order valence-electron chi connectivity index (χ2n) is 6.42. The van der Waals surface area contributed by atoms with Crippen LogP contribution < -0.4 is 10.5 Å².